The number of fused-ring (bicyclic) bond motifs is 1. The number of hydrogen-bond acceptors (Lipinski definition) is 4. The lowest BCUT2D eigenvalue weighted by Gasteiger charge is -2.34. The minimum Gasteiger partial charge on any atom is -0.495 e. The number of carbonyl (C=O) groups is 2. The van der Waals surface area contributed by atoms with Gasteiger partial charge in [-0.2, -0.15) is 0 Å². The molecule has 0 radical (unpaired) electrons. The van der Waals surface area contributed by atoms with Crippen LogP contribution in [0.1, 0.15) is 18.4 Å². The lowest BCUT2D eigenvalue weighted by Crippen LogP contribution is -2.44. The van der Waals surface area contributed by atoms with E-state index in [4.69, 9.17) is 4.74 Å². The molecule has 2 heterocycles. The maximum absolute atomic E-state index is 13.1. The second kappa shape index (κ2) is 6.24. The van der Waals surface area contributed by atoms with Gasteiger partial charge < -0.3 is 9.64 Å². The van der Waals surface area contributed by atoms with Crippen molar-refractivity contribution in [2.45, 2.75) is 25.3 Å². The number of rotatable bonds is 3. The van der Waals surface area contributed by atoms with Crippen LogP contribution >= 0.6 is 0 Å². The first kappa shape index (κ1) is 15.7. The van der Waals surface area contributed by atoms with Gasteiger partial charge >= 0.3 is 0 Å². The lowest BCUT2D eigenvalue weighted by atomic mass is 9.99. The van der Waals surface area contributed by atoms with Crippen LogP contribution in [0.25, 0.3) is 0 Å². The average Bonchev–Trinajstić information content (AvgIpc) is 2.95. The summed E-state index contributed by atoms with van der Waals surface area (Å²) in [5.41, 5.74) is 2.83. The van der Waals surface area contributed by atoms with E-state index in [0.717, 1.165) is 25.1 Å². The van der Waals surface area contributed by atoms with E-state index in [1.807, 2.05) is 30.3 Å². The van der Waals surface area contributed by atoms with E-state index in [1.165, 1.54) is 10.5 Å². The molecule has 0 bridgehead atoms. The zero-order valence-electron chi connectivity index (χ0n) is 14.1. The summed E-state index contributed by atoms with van der Waals surface area (Å²) in [5, 5.41) is 0. The van der Waals surface area contributed by atoms with Gasteiger partial charge in [0.1, 0.15) is 11.8 Å². The second-order valence-corrected chi connectivity index (χ2v) is 6.38. The first-order chi connectivity index (χ1) is 12.2. The van der Waals surface area contributed by atoms with Crippen LogP contribution in [0.5, 0.6) is 5.75 Å². The molecule has 2 aliphatic heterocycles. The first-order valence-corrected chi connectivity index (χ1v) is 8.55. The topological polar surface area (TPSA) is 49.9 Å². The monoisotopic (exact) mass is 336 g/mol. The van der Waals surface area contributed by atoms with Crippen LogP contribution in [0.2, 0.25) is 0 Å². The highest BCUT2D eigenvalue weighted by molar-refractivity contribution is 6.24. The van der Waals surface area contributed by atoms with Crippen molar-refractivity contribution in [3.8, 4) is 5.75 Å². The van der Waals surface area contributed by atoms with Crippen LogP contribution in [0.4, 0.5) is 11.4 Å². The Kier molecular flexibility index (Phi) is 3.92. The van der Waals surface area contributed by atoms with Crippen molar-refractivity contribution in [3.05, 3.63) is 54.1 Å². The summed E-state index contributed by atoms with van der Waals surface area (Å²) in [7, 11) is 1.54. The molecule has 2 aromatic carbocycles. The van der Waals surface area contributed by atoms with Crippen molar-refractivity contribution >= 4 is 23.2 Å². The number of para-hydroxylation sites is 3. The van der Waals surface area contributed by atoms with E-state index < -0.39 is 6.04 Å². The Bertz CT molecular complexity index is 833. The van der Waals surface area contributed by atoms with Gasteiger partial charge in [0.25, 0.3) is 5.91 Å². The highest BCUT2D eigenvalue weighted by Crippen LogP contribution is 2.36. The standard InChI is InChI=1S/C20H20N2O3/c1-25-18-11-5-4-10-16(18)22-19(23)13-17(20(22)24)21-12-6-8-14-7-2-3-9-15(14)21/h2-5,7,9-11,17H,6,8,12-13H2,1H3. The summed E-state index contributed by atoms with van der Waals surface area (Å²) in [6, 6.07) is 14.8. The van der Waals surface area contributed by atoms with Gasteiger partial charge in [-0.05, 0) is 36.6 Å². The fraction of sp³-hybridized carbons (Fsp3) is 0.300. The summed E-state index contributed by atoms with van der Waals surface area (Å²) >= 11 is 0. The van der Waals surface area contributed by atoms with Crippen molar-refractivity contribution in [1.29, 1.82) is 0 Å². The maximum Gasteiger partial charge on any atom is 0.257 e. The molecule has 2 amide bonds. The van der Waals surface area contributed by atoms with E-state index in [1.54, 1.807) is 19.2 Å². The van der Waals surface area contributed by atoms with Crippen LogP contribution in [0, 0.1) is 0 Å². The number of amides is 2. The molecule has 1 atom stereocenters. The molecule has 1 fully saturated rings. The Balaban J connectivity index is 1.69. The molecule has 2 aliphatic rings. The number of carbonyl (C=O) groups excluding carboxylic acids is 2. The first-order valence-electron chi connectivity index (χ1n) is 8.55. The van der Waals surface area contributed by atoms with Gasteiger partial charge in [-0.25, -0.2) is 4.90 Å². The fourth-order valence-corrected chi connectivity index (χ4v) is 3.81. The second-order valence-electron chi connectivity index (χ2n) is 6.38. The molecule has 4 rings (SSSR count). The smallest absolute Gasteiger partial charge is 0.257 e. The molecule has 1 unspecified atom stereocenters. The zero-order valence-corrected chi connectivity index (χ0v) is 14.1. The van der Waals surface area contributed by atoms with Crippen LogP contribution in [0.15, 0.2) is 48.5 Å². The van der Waals surface area contributed by atoms with Gasteiger partial charge in [-0.1, -0.05) is 30.3 Å². The predicted molar refractivity (Wildman–Crippen MR) is 96.0 cm³/mol. The molecule has 0 spiro atoms. The third kappa shape index (κ3) is 2.56. The maximum atomic E-state index is 13.1. The molecule has 2 aromatic rings. The van der Waals surface area contributed by atoms with Crippen molar-refractivity contribution in [1.82, 2.24) is 0 Å². The number of aryl methyl sites for hydroxylation is 1. The third-order valence-electron chi connectivity index (χ3n) is 4.97. The summed E-state index contributed by atoms with van der Waals surface area (Å²) in [6.45, 7) is 0.792. The molecule has 0 aromatic heterocycles. The van der Waals surface area contributed by atoms with Gasteiger partial charge in [0.05, 0.1) is 19.2 Å². The Hall–Kier alpha value is -2.82. The molecular weight excluding hydrogens is 316 g/mol. The van der Waals surface area contributed by atoms with Crippen LogP contribution in [0.3, 0.4) is 0 Å². The third-order valence-corrected chi connectivity index (χ3v) is 4.97. The van der Waals surface area contributed by atoms with Crippen molar-refractivity contribution in [3.63, 3.8) is 0 Å². The molecule has 5 heteroatoms. The van der Waals surface area contributed by atoms with Gasteiger partial charge in [-0.15, -0.1) is 0 Å². The van der Waals surface area contributed by atoms with Gasteiger partial charge in [0.15, 0.2) is 0 Å². The van der Waals surface area contributed by atoms with Crippen molar-refractivity contribution in [2.75, 3.05) is 23.5 Å². The summed E-state index contributed by atoms with van der Waals surface area (Å²) < 4.78 is 5.33. The zero-order chi connectivity index (χ0) is 17.4. The quantitative estimate of drug-likeness (QED) is 0.809. The number of imide groups is 1. The van der Waals surface area contributed by atoms with E-state index in [9.17, 15) is 9.59 Å². The molecule has 1 saturated heterocycles. The number of hydrogen-bond donors (Lipinski definition) is 0. The van der Waals surface area contributed by atoms with E-state index in [0.29, 0.717) is 11.4 Å². The molecule has 25 heavy (non-hydrogen) atoms. The number of benzene rings is 2. The number of ether oxygens (including phenoxy) is 1. The summed E-state index contributed by atoms with van der Waals surface area (Å²) in [5.74, 6) is 0.178. The van der Waals surface area contributed by atoms with Gasteiger partial charge in [0.2, 0.25) is 5.91 Å². The largest absolute Gasteiger partial charge is 0.495 e. The highest BCUT2D eigenvalue weighted by Gasteiger charge is 2.44. The highest BCUT2D eigenvalue weighted by atomic mass is 16.5. The van der Waals surface area contributed by atoms with E-state index in [-0.39, 0.29) is 18.2 Å². The van der Waals surface area contributed by atoms with Crippen molar-refractivity contribution < 1.29 is 14.3 Å². The molecular formula is C20H20N2O3. The SMILES string of the molecule is COc1ccccc1N1C(=O)CC(N2CCCc3ccccc32)C1=O. The fourth-order valence-electron chi connectivity index (χ4n) is 3.81. The Morgan fingerprint density at radius 1 is 1.00 bits per heavy atom. The molecule has 0 N–H and O–H groups in total. The summed E-state index contributed by atoms with van der Waals surface area (Å²) in [6.07, 6.45) is 2.20. The average molecular weight is 336 g/mol. The van der Waals surface area contributed by atoms with Crippen LogP contribution in [-0.4, -0.2) is 31.5 Å². The van der Waals surface area contributed by atoms with E-state index >= 15 is 0 Å². The van der Waals surface area contributed by atoms with Crippen molar-refractivity contribution in [2.24, 2.45) is 0 Å². The normalized spacial score (nSPS) is 20.0. The summed E-state index contributed by atoms with van der Waals surface area (Å²) in [4.78, 5) is 29.1. The molecule has 0 aliphatic carbocycles. The van der Waals surface area contributed by atoms with Gasteiger partial charge in [0, 0.05) is 12.2 Å². The van der Waals surface area contributed by atoms with Crippen LogP contribution < -0.4 is 14.5 Å². The predicted octanol–water partition coefficient (Wildman–Crippen LogP) is 2.78. The molecule has 5 nitrogen and oxygen atoms in total. The Morgan fingerprint density at radius 3 is 2.52 bits per heavy atom. The minimum absolute atomic E-state index is 0.175. The minimum atomic E-state index is -0.445. The number of methoxy groups -OCH3 is 1. The Morgan fingerprint density at radius 2 is 1.72 bits per heavy atom. The number of anilines is 2. The van der Waals surface area contributed by atoms with Gasteiger partial charge in [-0.3, -0.25) is 9.59 Å². The number of nitrogens with zero attached hydrogens (tertiary/aromatic N) is 2. The molecule has 128 valence electrons. The lowest BCUT2D eigenvalue weighted by molar-refractivity contribution is -0.121. The van der Waals surface area contributed by atoms with E-state index in [2.05, 4.69) is 11.0 Å². The van der Waals surface area contributed by atoms with Crippen LogP contribution in [-0.2, 0) is 16.0 Å². The molecule has 0 saturated carbocycles. The Labute approximate surface area is 146 Å².